The minimum atomic E-state index is -4.08. The minimum Gasteiger partial charge on any atom is -0.271 e. The third kappa shape index (κ3) is 5.16. The number of anilines is 1. The number of carbonyl (C=O) groups is 1. The van der Waals surface area contributed by atoms with E-state index in [9.17, 15) is 13.2 Å². The molecule has 0 fully saturated rings. The maximum absolute atomic E-state index is 13.2. The van der Waals surface area contributed by atoms with E-state index in [0.717, 1.165) is 9.18 Å². The number of thiophene rings is 1. The number of amides is 1. The second kappa shape index (κ2) is 9.41. The van der Waals surface area contributed by atoms with E-state index in [1.807, 2.05) is 17.5 Å². The van der Waals surface area contributed by atoms with Crippen LogP contribution in [0.3, 0.4) is 0 Å². The molecule has 0 aliphatic carbocycles. The molecule has 10 heteroatoms. The van der Waals surface area contributed by atoms with Crippen molar-refractivity contribution in [2.45, 2.75) is 4.90 Å². The lowest BCUT2D eigenvalue weighted by atomic mass is 10.3. The predicted octanol–water partition coefficient (Wildman–Crippen LogP) is 4.40. The van der Waals surface area contributed by atoms with E-state index >= 15 is 0 Å². The van der Waals surface area contributed by atoms with Crippen molar-refractivity contribution in [2.24, 2.45) is 5.10 Å². The van der Waals surface area contributed by atoms with Crippen LogP contribution in [-0.2, 0) is 14.8 Å². The summed E-state index contributed by atoms with van der Waals surface area (Å²) in [5.74, 6) is -0.631. The van der Waals surface area contributed by atoms with Crippen molar-refractivity contribution in [1.82, 2.24) is 5.43 Å². The fourth-order valence-corrected chi connectivity index (χ4v) is 4.89. The molecule has 1 heterocycles. The molecule has 6 nitrogen and oxygen atoms in total. The largest absolute Gasteiger partial charge is 0.271 e. The summed E-state index contributed by atoms with van der Waals surface area (Å²) in [6.45, 7) is -0.529. The first-order valence-corrected chi connectivity index (χ1v) is 11.3. The molecule has 2 aromatic carbocycles. The number of rotatable bonds is 7. The highest BCUT2D eigenvalue weighted by atomic mass is 35.5. The summed E-state index contributed by atoms with van der Waals surface area (Å²) >= 11 is 13.7. The molecule has 0 spiro atoms. The molecule has 0 unspecified atom stereocenters. The Morgan fingerprint density at radius 1 is 1.07 bits per heavy atom. The smallest absolute Gasteiger partial charge is 0.264 e. The first kappa shape index (κ1) is 21.3. The third-order valence-electron chi connectivity index (χ3n) is 3.74. The molecule has 3 rings (SSSR count). The molecule has 0 bridgehead atoms. The molecule has 29 heavy (non-hydrogen) atoms. The quantitative estimate of drug-likeness (QED) is 0.413. The normalized spacial score (nSPS) is 11.5. The lowest BCUT2D eigenvalue weighted by Crippen LogP contribution is -2.39. The highest BCUT2D eigenvalue weighted by Crippen LogP contribution is 2.35. The van der Waals surface area contributed by atoms with Gasteiger partial charge in [-0.3, -0.25) is 9.10 Å². The van der Waals surface area contributed by atoms with Gasteiger partial charge in [0, 0.05) is 4.88 Å². The van der Waals surface area contributed by atoms with E-state index in [1.54, 1.807) is 24.3 Å². The maximum Gasteiger partial charge on any atom is 0.264 e. The lowest BCUT2D eigenvalue weighted by molar-refractivity contribution is -0.119. The molecule has 1 N–H and O–H groups in total. The number of nitrogens with one attached hydrogen (secondary N) is 1. The number of carbonyl (C=O) groups excluding carboxylic acids is 1. The highest BCUT2D eigenvalue weighted by Gasteiger charge is 2.29. The van der Waals surface area contributed by atoms with E-state index in [-0.39, 0.29) is 20.6 Å². The number of sulfonamides is 1. The average molecular weight is 468 g/mol. The van der Waals surface area contributed by atoms with Crippen LogP contribution in [0.4, 0.5) is 5.69 Å². The Balaban J connectivity index is 1.91. The number of halogens is 2. The van der Waals surface area contributed by atoms with Gasteiger partial charge in [-0.1, -0.05) is 53.5 Å². The Hall–Kier alpha value is -2.39. The predicted molar refractivity (Wildman–Crippen MR) is 117 cm³/mol. The Morgan fingerprint density at radius 2 is 1.83 bits per heavy atom. The van der Waals surface area contributed by atoms with Crippen molar-refractivity contribution < 1.29 is 13.2 Å². The minimum absolute atomic E-state index is 0.0194. The molecule has 0 saturated carbocycles. The summed E-state index contributed by atoms with van der Waals surface area (Å²) in [5, 5.41) is 5.94. The number of hydrogen-bond acceptors (Lipinski definition) is 5. The summed E-state index contributed by atoms with van der Waals surface area (Å²) in [6, 6.07) is 16.0. The Kier molecular flexibility index (Phi) is 6.92. The fourth-order valence-electron chi connectivity index (χ4n) is 2.40. The molecule has 0 radical (unpaired) electrons. The van der Waals surface area contributed by atoms with Gasteiger partial charge in [-0.25, -0.2) is 13.8 Å². The molecular formula is C19H15Cl2N3O3S2. The molecule has 1 aromatic heterocycles. The van der Waals surface area contributed by atoms with E-state index in [1.165, 1.54) is 41.8 Å². The Labute approximate surface area is 182 Å². The van der Waals surface area contributed by atoms with Crippen LogP contribution < -0.4 is 9.73 Å². The van der Waals surface area contributed by atoms with Gasteiger partial charge in [0.1, 0.15) is 6.54 Å². The topological polar surface area (TPSA) is 78.8 Å². The zero-order valence-electron chi connectivity index (χ0n) is 14.8. The van der Waals surface area contributed by atoms with Crippen LogP contribution in [-0.4, -0.2) is 27.1 Å². The summed E-state index contributed by atoms with van der Waals surface area (Å²) < 4.78 is 27.3. The van der Waals surface area contributed by atoms with Gasteiger partial charge in [0.2, 0.25) is 0 Å². The summed E-state index contributed by atoms with van der Waals surface area (Å²) in [4.78, 5) is 13.3. The van der Waals surface area contributed by atoms with Crippen LogP contribution >= 0.6 is 34.5 Å². The van der Waals surface area contributed by atoms with Crippen molar-refractivity contribution in [1.29, 1.82) is 0 Å². The molecule has 0 atom stereocenters. The molecule has 0 aliphatic rings. The van der Waals surface area contributed by atoms with Crippen LogP contribution in [0, 0.1) is 0 Å². The van der Waals surface area contributed by atoms with E-state index < -0.39 is 22.5 Å². The Bertz CT molecular complexity index is 1120. The lowest BCUT2D eigenvalue weighted by Gasteiger charge is -2.24. The van der Waals surface area contributed by atoms with Crippen molar-refractivity contribution in [3.63, 3.8) is 0 Å². The van der Waals surface area contributed by atoms with Crippen LogP contribution in [0.1, 0.15) is 4.88 Å². The van der Waals surface area contributed by atoms with Gasteiger partial charge in [0.15, 0.2) is 0 Å². The van der Waals surface area contributed by atoms with E-state index in [4.69, 9.17) is 23.2 Å². The zero-order chi connectivity index (χ0) is 20.9. The molecule has 3 aromatic rings. The van der Waals surface area contributed by atoms with Gasteiger partial charge in [0.25, 0.3) is 15.9 Å². The number of benzene rings is 2. The van der Waals surface area contributed by atoms with E-state index in [2.05, 4.69) is 10.5 Å². The molecular weight excluding hydrogens is 453 g/mol. The van der Waals surface area contributed by atoms with Gasteiger partial charge in [-0.05, 0) is 35.7 Å². The first-order valence-electron chi connectivity index (χ1n) is 8.27. The maximum atomic E-state index is 13.2. The van der Waals surface area contributed by atoms with Gasteiger partial charge in [0.05, 0.1) is 26.8 Å². The standard InChI is InChI=1S/C19H15Cl2N3O3S2/c20-16-9-4-10-17(19(16)21)24(29(26,27)15-7-2-1-3-8-15)13-18(25)23-22-12-14-6-5-11-28-14/h1-12H,13H2,(H,23,25)/b22-12-. The van der Waals surface area contributed by atoms with Crippen LogP contribution in [0.2, 0.25) is 10.0 Å². The summed E-state index contributed by atoms with van der Waals surface area (Å²) in [5.41, 5.74) is 2.43. The van der Waals surface area contributed by atoms with Crippen molar-refractivity contribution in [3.8, 4) is 0 Å². The van der Waals surface area contributed by atoms with Gasteiger partial charge in [-0.2, -0.15) is 5.10 Å². The Morgan fingerprint density at radius 3 is 2.52 bits per heavy atom. The SMILES string of the molecule is O=C(CN(c1cccc(Cl)c1Cl)S(=O)(=O)c1ccccc1)N/N=C\c1cccs1. The second-order valence-electron chi connectivity index (χ2n) is 5.71. The molecule has 0 aliphatic heterocycles. The third-order valence-corrected chi connectivity index (χ3v) is 7.13. The number of nitrogens with zero attached hydrogens (tertiary/aromatic N) is 2. The molecule has 0 saturated heterocycles. The number of hydrazone groups is 1. The zero-order valence-corrected chi connectivity index (χ0v) is 18.0. The van der Waals surface area contributed by atoms with Crippen LogP contribution in [0.5, 0.6) is 0 Å². The van der Waals surface area contributed by atoms with E-state index in [0.29, 0.717) is 0 Å². The molecule has 150 valence electrons. The summed E-state index contributed by atoms with van der Waals surface area (Å²) in [7, 11) is -4.08. The average Bonchev–Trinajstić information content (AvgIpc) is 3.23. The highest BCUT2D eigenvalue weighted by molar-refractivity contribution is 7.92. The van der Waals surface area contributed by atoms with Gasteiger partial charge in [-0.15, -0.1) is 11.3 Å². The first-order chi connectivity index (χ1) is 13.9. The monoisotopic (exact) mass is 467 g/mol. The number of hydrogen-bond donors (Lipinski definition) is 1. The fraction of sp³-hybridized carbons (Fsp3) is 0.0526. The van der Waals surface area contributed by atoms with Gasteiger partial charge < -0.3 is 0 Å². The molecule has 1 amide bonds. The summed E-state index contributed by atoms with van der Waals surface area (Å²) in [6.07, 6.45) is 1.48. The van der Waals surface area contributed by atoms with Crippen molar-refractivity contribution >= 4 is 62.4 Å². The van der Waals surface area contributed by atoms with Crippen LogP contribution in [0.15, 0.2) is 76.0 Å². The van der Waals surface area contributed by atoms with Crippen LogP contribution in [0.25, 0.3) is 0 Å². The van der Waals surface area contributed by atoms with Gasteiger partial charge >= 0.3 is 0 Å². The van der Waals surface area contributed by atoms with Crippen molar-refractivity contribution in [2.75, 3.05) is 10.8 Å². The van der Waals surface area contributed by atoms with Crippen molar-refractivity contribution in [3.05, 3.63) is 81.0 Å². The second-order valence-corrected chi connectivity index (χ2v) is 9.33.